The molecule has 0 atom stereocenters. The van der Waals surface area contributed by atoms with Crippen LogP contribution in [0.4, 0.5) is 0 Å². The van der Waals surface area contributed by atoms with Gasteiger partial charge in [0.2, 0.25) is 0 Å². The van der Waals surface area contributed by atoms with Gasteiger partial charge in [-0.2, -0.15) is 10.2 Å². The van der Waals surface area contributed by atoms with Crippen molar-refractivity contribution < 1.29 is 4.79 Å². The van der Waals surface area contributed by atoms with E-state index in [1.165, 1.54) is 0 Å². The van der Waals surface area contributed by atoms with Gasteiger partial charge in [0.15, 0.2) is 0 Å². The maximum Gasteiger partial charge on any atom is 0.258 e. The van der Waals surface area contributed by atoms with Crippen molar-refractivity contribution in [1.82, 2.24) is 24.5 Å². The van der Waals surface area contributed by atoms with E-state index in [4.69, 9.17) is 5.10 Å². The van der Waals surface area contributed by atoms with Crippen LogP contribution in [0.5, 0.6) is 0 Å². The largest absolute Gasteiger partial charge is 0.337 e. The van der Waals surface area contributed by atoms with E-state index in [-0.39, 0.29) is 5.91 Å². The van der Waals surface area contributed by atoms with E-state index in [0.717, 1.165) is 29.1 Å². The van der Waals surface area contributed by atoms with E-state index in [1.807, 2.05) is 103 Å². The molecule has 0 aliphatic carbocycles. The number of carbonyl (C=O) groups is 1. The first-order chi connectivity index (χ1) is 14.6. The molecule has 0 unspecified atom stereocenters. The van der Waals surface area contributed by atoms with Crippen LogP contribution in [0.25, 0.3) is 16.9 Å². The molecule has 4 aromatic rings. The van der Waals surface area contributed by atoms with Crippen molar-refractivity contribution in [3.63, 3.8) is 0 Å². The lowest BCUT2D eigenvalue weighted by Crippen LogP contribution is -2.27. The van der Waals surface area contributed by atoms with Crippen molar-refractivity contribution in [2.75, 3.05) is 7.05 Å². The van der Waals surface area contributed by atoms with Gasteiger partial charge < -0.3 is 4.90 Å². The fourth-order valence-electron chi connectivity index (χ4n) is 3.57. The zero-order valence-electron chi connectivity index (χ0n) is 17.5. The molecular formula is C24H25N5O. The Bertz CT molecular complexity index is 1150. The Kier molecular flexibility index (Phi) is 5.48. The Morgan fingerprint density at radius 3 is 2.33 bits per heavy atom. The minimum absolute atomic E-state index is 0.0576. The lowest BCUT2D eigenvalue weighted by molar-refractivity contribution is 0.0785. The number of aryl methyl sites for hydroxylation is 1. The van der Waals surface area contributed by atoms with Gasteiger partial charge in [-0.3, -0.25) is 9.48 Å². The number of carbonyl (C=O) groups excluding carboxylic acids is 1. The molecule has 152 valence electrons. The average molecular weight is 399 g/mol. The number of aromatic nitrogens is 4. The van der Waals surface area contributed by atoms with E-state index in [1.54, 1.807) is 4.90 Å². The third-order valence-corrected chi connectivity index (χ3v) is 5.16. The van der Waals surface area contributed by atoms with Crippen molar-refractivity contribution in [3.8, 4) is 16.9 Å². The molecule has 2 heterocycles. The average Bonchev–Trinajstić information content (AvgIpc) is 3.38. The van der Waals surface area contributed by atoms with Crippen LogP contribution >= 0.6 is 0 Å². The Morgan fingerprint density at radius 2 is 1.70 bits per heavy atom. The van der Waals surface area contributed by atoms with Crippen molar-refractivity contribution in [2.24, 2.45) is 0 Å². The molecule has 4 rings (SSSR count). The van der Waals surface area contributed by atoms with Crippen LogP contribution in [0.15, 0.2) is 73.1 Å². The van der Waals surface area contributed by atoms with Gasteiger partial charge in [-0.1, -0.05) is 48.5 Å². The predicted octanol–water partition coefficient (Wildman–Crippen LogP) is 4.34. The van der Waals surface area contributed by atoms with Crippen LogP contribution in [0.1, 0.15) is 28.5 Å². The molecule has 0 N–H and O–H groups in total. The van der Waals surface area contributed by atoms with Gasteiger partial charge in [0.25, 0.3) is 5.91 Å². The first kappa shape index (κ1) is 19.6. The van der Waals surface area contributed by atoms with Crippen LogP contribution in [-0.2, 0) is 13.1 Å². The minimum atomic E-state index is -0.0576. The summed E-state index contributed by atoms with van der Waals surface area (Å²) in [5.41, 5.74) is 4.99. The monoisotopic (exact) mass is 399 g/mol. The van der Waals surface area contributed by atoms with Crippen LogP contribution in [0.3, 0.4) is 0 Å². The summed E-state index contributed by atoms with van der Waals surface area (Å²) >= 11 is 0. The smallest absolute Gasteiger partial charge is 0.258 e. The molecule has 0 saturated carbocycles. The van der Waals surface area contributed by atoms with Crippen LogP contribution < -0.4 is 0 Å². The molecule has 0 spiro atoms. The second-order valence-corrected chi connectivity index (χ2v) is 7.29. The fraction of sp³-hybridized carbons (Fsp3) is 0.208. The van der Waals surface area contributed by atoms with Gasteiger partial charge in [0.05, 0.1) is 23.1 Å². The Morgan fingerprint density at radius 1 is 1.03 bits per heavy atom. The lowest BCUT2D eigenvalue weighted by atomic mass is 10.0. The quantitative estimate of drug-likeness (QED) is 0.485. The molecule has 2 aromatic carbocycles. The number of hydrogen-bond acceptors (Lipinski definition) is 3. The SMILES string of the molecule is CCn1cc(CN(C)C(=O)c2c(-c3ccccc3)nn(-c3ccccc3)c2C)cn1. The van der Waals surface area contributed by atoms with Crippen LogP contribution in [0.2, 0.25) is 0 Å². The van der Waals surface area contributed by atoms with E-state index < -0.39 is 0 Å². The zero-order chi connectivity index (χ0) is 21.1. The fourth-order valence-corrected chi connectivity index (χ4v) is 3.57. The molecule has 1 amide bonds. The molecule has 0 aliphatic heterocycles. The number of benzene rings is 2. The van der Waals surface area contributed by atoms with E-state index >= 15 is 0 Å². The van der Waals surface area contributed by atoms with Gasteiger partial charge in [0.1, 0.15) is 5.69 Å². The van der Waals surface area contributed by atoms with Crippen molar-refractivity contribution in [1.29, 1.82) is 0 Å². The summed E-state index contributed by atoms with van der Waals surface area (Å²) in [6.45, 7) is 5.28. The van der Waals surface area contributed by atoms with Gasteiger partial charge in [0, 0.05) is 37.5 Å². The number of nitrogens with zero attached hydrogens (tertiary/aromatic N) is 5. The highest BCUT2D eigenvalue weighted by atomic mass is 16.2. The molecular weight excluding hydrogens is 374 g/mol. The van der Waals surface area contributed by atoms with Crippen molar-refractivity contribution in [2.45, 2.75) is 26.9 Å². The highest BCUT2D eigenvalue weighted by molar-refractivity contribution is 6.01. The van der Waals surface area contributed by atoms with Gasteiger partial charge in [-0.05, 0) is 26.0 Å². The maximum atomic E-state index is 13.5. The second kappa shape index (κ2) is 8.37. The third-order valence-electron chi connectivity index (χ3n) is 5.16. The van der Waals surface area contributed by atoms with Crippen LogP contribution in [0, 0.1) is 6.92 Å². The summed E-state index contributed by atoms with van der Waals surface area (Å²) in [6.07, 6.45) is 3.79. The predicted molar refractivity (Wildman–Crippen MR) is 117 cm³/mol. The molecule has 0 aliphatic rings. The summed E-state index contributed by atoms with van der Waals surface area (Å²) in [5.74, 6) is -0.0576. The van der Waals surface area contributed by atoms with Gasteiger partial charge >= 0.3 is 0 Å². The molecule has 0 bridgehead atoms. The summed E-state index contributed by atoms with van der Waals surface area (Å²) in [7, 11) is 1.82. The zero-order valence-corrected chi connectivity index (χ0v) is 17.5. The Balaban J connectivity index is 1.75. The standard InChI is InChI=1S/C24H25N5O/c1-4-28-17-19(15-25-28)16-27(3)24(30)22-18(2)29(21-13-9-6-10-14-21)26-23(22)20-11-7-5-8-12-20/h5-15,17H,4,16H2,1-3H3. The molecule has 6 nitrogen and oxygen atoms in total. The summed E-state index contributed by atoms with van der Waals surface area (Å²) in [5, 5.41) is 9.14. The molecule has 0 radical (unpaired) electrons. The number of amides is 1. The number of rotatable bonds is 6. The molecule has 0 fully saturated rings. The lowest BCUT2D eigenvalue weighted by Gasteiger charge is -2.17. The summed E-state index contributed by atoms with van der Waals surface area (Å²) < 4.78 is 3.71. The second-order valence-electron chi connectivity index (χ2n) is 7.29. The van der Waals surface area contributed by atoms with Crippen molar-refractivity contribution in [3.05, 3.63) is 89.9 Å². The molecule has 2 aromatic heterocycles. The van der Waals surface area contributed by atoms with Crippen molar-refractivity contribution >= 4 is 5.91 Å². The van der Waals surface area contributed by atoms with E-state index in [2.05, 4.69) is 5.10 Å². The Hall–Kier alpha value is -3.67. The van der Waals surface area contributed by atoms with Gasteiger partial charge in [-0.15, -0.1) is 0 Å². The number of hydrogen-bond donors (Lipinski definition) is 0. The van der Waals surface area contributed by atoms with Gasteiger partial charge in [-0.25, -0.2) is 4.68 Å². The molecule has 6 heteroatoms. The third kappa shape index (κ3) is 3.76. The maximum absolute atomic E-state index is 13.5. The number of para-hydroxylation sites is 1. The topological polar surface area (TPSA) is 56.0 Å². The normalized spacial score (nSPS) is 10.9. The minimum Gasteiger partial charge on any atom is -0.337 e. The summed E-state index contributed by atoms with van der Waals surface area (Å²) in [4.78, 5) is 15.3. The first-order valence-electron chi connectivity index (χ1n) is 10.1. The first-order valence-corrected chi connectivity index (χ1v) is 10.1. The van der Waals surface area contributed by atoms with Crippen LogP contribution in [-0.4, -0.2) is 37.4 Å². The molecule has 0 saturated heterocycles. The Labute approximate surface area is 176 Å². The highest BCUT2D eigenvalue weighted by Gasteiger charge is 2.25. The van der Waals surface area contributed by atoms with E-state index in [9.17, 15) is 4.79 Å². The highest BCUT2D eigenvalue weighted by Crippen LogP contribution is 2.28. The molecule has 30 heavy (non-hydrogen) atoms. The summed E-state index contributed by atoms with van der Waals surface area (Å²) in [6, 6.07) is 19.7. The van der Waals surface area contributed by atoms with E-state index in [0.29, 0.717) is 17.8 Å².